The number of likely N-dealkylation sites (tertiary alicyclic amines) is 1. The van der Waals surface area contributed by atoms with E-state index in [4.69, 9.17) is 10.5 Å². The number of urea groups is 1. The maximum Gasteiger partial charge on any atom is 0.318 e. The molecule has 0 aromatic heterocycles. The van der Waals surface area contributed by atoms with Gasteiger partial charge in [-0.2, -0.15) is 0 Å². The first-order valence-electron chi connectivity index (χ1n) is 6.46. The molecule has 0 unspecified atom stereocenters. The number of carbonyl (C=O) groups excluding carboxylic acids is 3. The van der Waals surface area contributed by atoms with Gasteiger partial charge in [-0.15, -0.1) is 0 Å². The molecule has 108 valence electrons. The maximum atomic E-state index is 11.6. The first-order chi connectivity index (χ1) is 8.95. The van der Waals surface area contributed by atoms with E-state index in [1.54, 1.807) is 13.8 Å². The number of rotatable bonds is 4. The second-order valence-corrected chi connectivity index (χ2v) is 4.59. The molecule has 0 radical (unpaired) electrons. The molecular weight excluding hydrogens is 250 g/mol. The lowest BCUT2D eigenvalue weighted by Crippen LogP contribution is -2.51. The molecule has 0 aromatic carbocycles. The summed E-state index contributed by atoms with van der Waals surface area (Å²) in [6.45, 7) is 5.12. The molecule has 0 bridgehead atoms. The van der Waals surface area contributed by atoms with Crippen LogP contribution in [-0.2, 0) is 14.3 Å². The number of amides is 3. The Morgan fingerprint density at radius 3 is 2.42 bits per heavy atom. The Kier molecular flexibility index (Phi) is 5.75. The molecule has 7 heteroatoms. The van der Waals surface area contributed by atoms with Crippen molar-refractivity contribution >= 4 is 17.9 Å². The Bertz CT molecular complexity index is 351. The zero-order chi connectivity index (χ0) is 14.4. The average molecular weight is 271 g/mol. The normalized spacial score (nSPS) is 18.6. The molecule has 3 amide bonds. The van der Waals surface area contributed by atoms with Crippen LogP contribution in [0.25, 0.3) is 0 Å². The zero-order valence-corrected chi connectivity index (χ0v) is 11.3. The summed E-state index contributed by atoms with van der Waals surface area (Å²) in [5.74, 6) is -0.680. The number of nitrogens with zero attached hydrogens (tertiary/aromatic N) is 1. The van der Waals surface area contributed by atoms with Crippen molar-refractivity contribution in [2.24, 2.45) is 11.7 Å². The lowest BCUT2D eigenvalue weighted by atomic mass is 9.96. The van der Waals surface area contributed by atoms with E-state index in [1.165, 1.54) is 0 Å². The van der Waals surface area contributed by atoms with Gasteiger partial charge in [0.05, 0.1) is 18.6 Å². The fraction of sp³-hybridized carbons (Fsp3) is 0.750. The summed E-state index contributed by atoms with van der Waals surface area (Å²) in [6.07, 6.45) is 1.32. The molecule has 0 spiro atoms. The van der Waals surface area contributed by atoms with E-state index in [0.717, 1.165) is 0 Å². The van der Waals surface area contributed by atoms with Gasteiger partial charge in [0.25, 0.3) is 0 Å². The second-order valence-electron chi connectivity index (χ2n) is 4.59. The van der Waals surface area contributed by atoms with Gasteiger partial charge in [-0.1, -0.05) is 0 Å². The summed E-state index contributed by atoms with van der Waals surface area (Å²) in [7, 11) is 0. The number of primary amides is 1. The Labute approximate surface area is 112 Å². The lowest BCUT2D eigenvalue weighted by Gasteiger charge is -2.34. The second kappa shape index (κ2) is 7.08. The number of nitrogens with two attached hydrogens (primary N) is 1. The average Bonchev–Trinajstić information content (AvgIpc) is 2.37. The summed E-state index contributed by atoms with van der Waals surface area (Å²) >= 11 is 0. The zero-order valence-electron chi connectivity index (χ0n) is 11.3. The van der Waals surface area contributed by atoms with E-state index in [-0.39, 0.29) is 11.9 Å². The number of piperidine rings is 1. The number of nitrogens with one attached hydrogen (secondary N) is 1. The van der Waals surface area contributed by atoms with Crippen LogP contribution in [0, 0.1) is 5.92 Å². The standard InChI is InChI=1S/C12H21N3O4/c1-3-19-11(17)9-4-6-15(7-5-9)8(2)10(16)14-12(13)18/h8-9H,3-7H2,1-2H3,(H3,13,14,16,18)/t8-/m0/s1. The summed E-state index contributed by atoms with van der Waals surface area (Å²) in [6, 6.07) is -1.28. The minimum Gasteiger partial charge on any atom is -0.466 e. The molecule has 0 saturated carbocycles. The third-order valence-corrected chi connectivity index (χ3v) is 3.32. The summed E-state index contributed by atoms with van der Waals surface area (Å²) in [4.78, 5) is 35.7. The molecule has 1 fully saturated rings. The third kappa shape index (κ3) is 4.51. The van der Waals surface area contributed by atoms with Crippen LogP contribution >= 0.6 is 0 Å². The summed E-state index contributed by atoms with van der Waals surface area (Å²) in [5.41, 5.74) is 4.91. The molecule has 0 aromatic rings. The molecule has 1 aliphatic rings. The van der Waals surface area contributed by atoms with Crippen LogP contribution in [0.15, 0.2) is 0 Å². The van der Waals surface area contributed by atoms with Crippen LogP contribution in [0.2, 0.25) is 0 Å². The molecule has 1 saturated heterocycles. The van der Waals surface area contributed by atoms with Gasteiger partial charge in [-0.3, -0.25) is 19.8 Å². The van der Waals surface area contributed by atoms with Gasteiger partial charge in [0.15, 0.2) is 0 Å². The highest BCUT2D eigenvalue weighted by atomic mass is 16.5. The van der Waals surface area contributed by atoms with E-state index in [1.807, 2.05) is 4.90 Å². The summed E-state index contributed by atoms with van der Waals surface area (Å²) < 4.78 is 4.98. The van der Waals surface area contributed by atoms with Gasteiger partial charge in [0.2, 0.25) is 5.91 Å². The van der Waals surface area contributed by atoms with E-state index < -0.39 is 18.0 Å². The number of esters is 1. The number of imide groups is 1. The highest BCUT2D eigenvalue weighted by Gasteiger charge is 2.30. The van der Waals surface area contributed by atoms with Gasteiger partial charge in [-0.25, -0.2) is 4.79 Å². The van der Waals surface area contributed by atoms with Crippen molar-refractivity contribution in [3.05, 3.63) is 0 Å². The molecule has 0 aliphatic carbocycles. The van der Waals surface area contributed by atoms with Crippen LogP contribution in [0.5, 0.6) is 0 Å². The molecule has 1 heterocycles. The van der Waals surface area contributed by atoms with Crippen LogP contribution in [0.1, 0.15) is 26.7 Å². The third-order valence-electron chi connectivity index (χ3n) is 3.32. The molecule has 3 N–H and O–H groups in total. The Hall–Kier alpha value is -1.63. The predicted molar refractivity (Wildman–Crippen MR) is 68.1 cm³/mol. The first kappa shape index (κ1) is 15.4. The molecule has 1 rings (SSSR count). The van der Waals surface area contributed by atoms with E-state index >= 15 is 0 Å². The van der Waals surface area contributed by atoms with E-state index in [2.05, 4.69) is 5.32 Å². The van der Waals surface area contributed by atoms with E-state index in [9.17, 15) is 14.4 Å². The SMILES string of the molecule is CCOC(=O)C1CCN([C@@H](C)C(=O)NC(N)=O)CC1. The highest BCUT2D eigenvalue weighted by Crippen LogP contribution is 2.20. The molecular formula is C12H21N3O4. The van der Waals surface area contributed by atoms with Crippen molar-refractivity contribution in [3.63, 3.8) is 0 Å². The minimum atomic E-state index is -0.849. The van der Waals surface area contributed by atoms with Crippen LogP contribution < -0.4 is 11.1 Å². The van der Waals surface area contributed by atoms with Crippen molar-refractivity contribution in [2.75, 3.05) is 19.7 Å². The van der Waals surface area contributed by atoms with Crippen LogP contribution in [0.3, 0.4) is 0 Å². The van der Waals surface area contributed by atoms with Gasteiger partial charge in [0, 0.05) is 0 Å². The largest absolute Gasteiger partial charge is 0.466 e. The topological polar surface area (TPSA) is 102 Å². The fourth-order valence-electron chi connectivity index (χ4n) is 2.17. The van der Waals surface area contributed by atoms with Crippen molar-refractivity contribution in [3.8, 4) is 0 Å². The minimum absolute atomic E-state index is 0.0948. The molecule has 1 aliphatic heterocycles. The van der Waals surface area contributed by atoms with Crippen LogP contribution in [0.4, 0.5) is 4.79 Å². The Morgan fingerprint density at radius 2 is 1.95 bits per heavy atom. The van der Waals surface area contributed by atoms with Crippen molar-refractivity contribution in [1.29, 1.82) is 0 Å². The Balaban J connectivity index is 2.42. The fourth-order valence-corrected chi connectivity index (χ4v) is 2.17. The van der Waals surface area contributed by atoms with Gasteiger partial charge < -0.3 is 10.5 Å². The first-order valence-corrected chi connectivity index (χ1v) is 6.46. The Morgan fingerprint density at radius 1 is 1.37 bits per heavy atom. The monoisotopic (exact) mass is 271 g/mol. The van der Waals surface area contributed by atoms with Crippen molar-refractivity contribution < 1.29 is 19.1 Å². The lowest BCUT2D eigenvalue weighted by molar-refractivity contribution is -0.149. The van der Waals surface area contributed by atoms with Gasteiger partial charge in [0.1, 0.15) is 0 Å². The molecule has 19 heavy (non-hydrogen) atoms. The van der Waals surface area contributed by atoms with Crippen LogP contribution in [-0.4, -0.2) is 48.5 Å². The number of hydrogen-bond acceptors (Lipinski definition) is 5. The summed E-state index contributed by atoms with van der Waals surface area (Å²) in [5, 5.41) is 2.06. The number of hydrogen-bond donors (Lipinski definition) is 2. The van der Waals surface area contributed by atoms with E-state index in [0.29, 0.717) is 32.5 Å². The maximum absolute atomic E-state index is 11.6. The van der Waals surface area contributed by atoms with Gasteiger partial charge >= 0.3 is 12.0 Å². The van der Waals surface area contributed by atoms with Crippen molar-refractivity contribution in [2.45, 2.75) is 32.7 Å². The molecule has 7 nitrogen and oxygen atoms in total. The number of ether oxygens (including phenoxy) is 1. The predicted octanol–water partition coefficient (Wildman–Crippen LogP) is -0.155. The van der Waals surface area contributed by atoms with Gasteiger partial charge in [-0.05, 0) is 39.8 Å². The van der Waals surface area contributed by atoms with Crippen molar-refractivity contribution in [1.82, 2.24) is 10.2 Å². The molecule has 1 atom stereocenters. The smallest absolute Gasteiger partial charge is 0.318 e. The quantitative estimate of drug-likeness (QED) is 0.692. The highest BCUT2D eigenvalue weighted by molar-refractivity contribution is 5.96. The number of carbonyl (C=O) groups is 3.